The number of aliphatic hydroxyl groups excluding tert-OH is 5. The van der Waals surface area contributed by atoms with Gasteiger partial charge < -0.3 is 40.3 Å². The van der Waals surface area contributed by atoms with Gasteiger partial charge in [0.1, 0.15) is 18.3 Å². The lowest BCUT2D eigenvalue weighted by Crippen LogP contribution is -2.64. The fourth-order valence-electron chi connectivity index (χ4n) is 3.40. The minimum Gasteiger partial charge on any atom is -0.392 e. The third-order valence-electron chi connectivity index (χ3n) is 4.88. The monoisotopic (exact) mass is 317 g/mol. The summed E-state index contributed by atoms with van der Waals surface area (Å²) in [6, 6.07) is -1.19. The van der Waals surface area contributed by atoms with Gasteiger partial charge in [-0.2, -0.15) is 0 Å². The molecule has 8 heteroatoms. The molecule has 2 aliphatic heterocycles. The second-order valence-corrected chi connectivity index (χ2v) is 6.27. The van der Waals surface area contributed by atoms with Gasteiger partial charge in [-0.05, 0) is 5.57 Å². The van der Waals surface area contributed by atoms with Crippen molar-refractivity contribution < 1.29 is 35.0 Å². The van der Waals surface area contributed by atoms with Crippen LogP contribution in [0, 0.1) is 5.92 Å². The summed E-state index contributed by atoms with van der Waals surface area (Å²) in [5, 5.41) is 52.8. The van der Waals surface area contributed by atoms with Gasteiger partial charge in [-0.1, -0.05) is 13.0 Å². The molecule has 6 N–H and O–H groups in total. The highest BCUT2D eigenvalue weighted by Gasteiger charge is 2.50. The number of nitrogens with one attached hydrogen (secondary N) is 1. The Morgan fingerprint density at radius 1 is 1.18 bits per heavy atom. The summed E-state index contributed by atoms with van der Waals surface area (Å²) in [5.41, 5.74) is 0.419. The normalized spacial score (nSPS) is 51.7. The van der Waals surface area contributed by atoms with E-state index in [9.17, 15) is 25.5 Å². The van der Waals surface area contributed by atoms with Crippen LogP contribution in [-0.4, -0.2) is 87.6 Å². The van der Waals surface area contributed by atoms with E-state index in [-0.39, 0.29) is 13.2 Å². The van der Waals surface area contributed by atoms with Crippen molar-refractivity contribution in [3.05, 3.63) is 11.6 Å². The molecule has 0 amide bonds. The third kappa shape index (κ3) is 2.59. The molecule has 22 heavy (non-hydrogen) atoms. The van der Waals surface area contributed by atoms with Gasteiger partial charge in [0.15, 0.2) is 6.29 Å². The topological polar surface area (TPSA) is 132 Å². The molecule has 2 heterocycles. The first kappa shape index (κ1) is 16.3. The molecule has 0 radical (unpaired) electrons. The summed E-state index contributed by atoms with van der Waals surface area (Å²) in [5.74, 6) is -0.469. The van der Waals surface area contributed by atoms with Gasteiger partial charge >= 0.3 is 0 Å². The number of aliphatic hydroxyl groups is 5. The first-order valence-corrected chi connectivity index (χ1v) is 7.51. The Balaban J connectivity index is 1.78. The first-order chi connectivity index (χ1) is 10.4. The number of hydrogen-bond donors (Lipinski definition) is 6. The van der Waals surface area contributed by atoms with E-state index in [1.54, 1.807) is 13.0 Å². The van der Waals surface area contributed by atoms with E-state index in [1.165, 1.54) is 0 Å². The van der Waals surface area contributed by atoms with Crippen molar-refractivity contribution in [3.63, 3.8) is 0 Å². The average Bonchev–Trinajstić information content (AvgIpc) is 2.96. The Bertz CT molecular complexity index is 445. The largest absolute Gasteiger partial charge is 0.392 e. The molecule has 0 aromatic rings. The number of hydrogen-bond acceptors (Lipinski definition) is 8. The van der Waals surface area contributed by atoms with Crippen LogP contribution in [0.25, 0.3) is 0 Å². The van der Waals surface area contributed by atoms with E-state index in [2.05, 4.69) is 5.32 Å². The van der Waals surface area contributed by atoms with Crippen LogP contribution >= 0.6 is 0 Å². The molecule has 0 spiro atoms. The Kier molecular flexibility index (Phi) is 4.54. The molecule has 126 valence electrons. The van der Waals surface area contributed by atoms with E-state index in [4.69, 9.17) is 9.47 Å². The lowest BCUT2D eigenvalue weighted by Gasteiger charge is -2.41. The van der Waals surface area contributed by atoms with Crippen LogP contribution in [0.1, 0.15) is 6.92 Å². The van der Waals surface area contributed by atoms with Crippen molar-refractivity contribution in [1.29, 1.82) is 0 Å². The van der Waals surface area contributed by atoms with Crippen LogP contribution < -0.4 is 5.32 Å². The van der Waals surface area contributed by atoms with Crippen molar-refractivity contribution in [2.24, 2.45) is 5.92 Å². The lowest BCUT2D eigenvalue weighted by atomic mass is 9.81. The van der Waals surface area contributed by atoms with Crippen molar-refractivity contribution in [3.8, 4) is 0 Å². The molecule has 2 fully saturated rings. The molecular weight excluding hydrogens is 294 g/mol. The van der Waals surface area contributed by atoms with E-state index >= 15 is 0 Å². The maximum Gasteiger partial charge on any atom is 0.186 e. The third-order valence-corrected chi connectivity index (χ3v) is 4.88. The quantitative estimate of drug-likeness (QED) is 0.305. The number of fused-ring (bicyclic) bond motifs is 2. The van der Waals surface area contributed by atoms with Crippen molar-refractivity contribution in [2.75, 3.05) is 13.2 Å². The SMILES string of the molecule is CC1C(O)C(N[C@H]2C(O)C(O)[C@H]3OC[C@@H]2O3)C=C(CO)[C@H]1O. The fourth-order valence-corrected chi connectivity index (χ4v) is 3.40. The van der Waals surface area contributed by atoms with Gasteiger partial charge in [0.05, 0.1) is 37.5 Å². The van der Waals surface area contributed by atoms with Crippen molar-refractivity contribution >= 4 is 0 Å². The first-order valence-electron chi connectivity index (χ1n) is 7.51. The van der Waals surface area contributed by atoms with E-state index in [0.29, 0.717) is 5.57 Å². The summed E-state index contributed by atoms with van der Waals surface area (Å²) < 4.78 is 10.7. The van der Waals surface area contributed by atoms with E-state index in [0.717, 1.165) is 0 Å². The zero-order valence-electron chi connectivity index (χ0n) is 12.2. The number of rotatable bonds is 3. The van der Waals surface area contributed by atoms with Crippen molar-refractivity contribution in [1.82, 2.24) is 5.32 Å². The maximum absolute atomic E-state index is 10.3. The van der Waals surface area contributed by atoms with Gasteiger partial charge in [0.2, 0.25) is 0 Å². The average molecular weight is 317 g/mol. The minimum absolute atomic E-state index is 0.244. The molecule has 0 aromatic carbocycles. The maximum atomic E-state index is 10.3. The van der Waals surface area contributed by atoms with Gasteiger partial charge in [-0.3, -0.25) is 0 Å². The molecule has 9 atom stereocenters. The molecule has 3 aliphatic rings. The summed E-state index contributed by atoms with van der Waals surface area (Å²) >= 11 is 0. The van der Waals surface area contributed by atoms with Crippen LogP contribution in [0.15, 0.2) is 11.6 Å². The minimum atomic E-state index is -1.17. The second-order valence-electron chi connectivity index (χ2n) is 6.27. The van der Waals surface area contributed by atoms with Crippen LogP contribution in [0.4, 0.5) is 0 Å². The molecule has 3 rings (SSSR count). The molecule has 2 saturated heterocycles. The highest BCUT2D eigenvalue weighted by Crippen LogP contribution is 2.30. The molecule has 8 nitrogen and oxygen atoms in total. The smallest absolute Gasteiger partial charge is 0.186 e. The summed E-state index contributed by atoms with van der Waals surface area (Å²) in [6.07, 6.45) is -3.74. The van der Waals surface area contributed by atoms with Crippen molar-refractivity contribution in [2.45, 2.75) is 55.8 Å². The second kappa shape index (κ2) is 6.14. The summed E-state index contributed by atoms with van der Waals surface area (Å²) in [4.78, 5) is 0. The fraction of sp³-hybridized carbons (Fsp3) is 0.857. The van der Waals surface area contributed by atoms with Crippen LogP contribution in [0.2, 0.25) is 0 Å². The highest BCUT2D eigenvalue weighted by atomic mass is 16.7. The van der Waals surface area contributed by atoms with E-state index in [1.807, 2.05) is 0 Å². The Morgan fingerprint density at radius 2 is 1.91 bits per heavy atom. The Morgan fingerprint density at radius 3 is 2.59 bits per heavy atom. The van der Waals surface area contributed by atoms with Crippen LogP contribution in [-0.2, 0) is 9.47 Å². The summed E-state index contributed by atoms with van der Waals surface area (Å²) in [6.45, 7) is 1.62. The van der Waals surface area contributed by atoms with E-state index < -0.39 is 54.8 Å². The standard InChI is InChI=1S/C14H23NO7/c1-5-10(17)6(3-16)2-7(11(5)18)15-9-8-4-21-14(22-8)13(20)12(9)19/h2,5,7-20H,3-4H2,1H3/t5?,7?,8-,9+,10-,11?,12?,13?,14-/m0/s1. The molecule has 0 aromatic heterocycles. The zero-order chi connectivity index (χ0) is 16.0. The van der Waals surface area contributed by atoms with Gasteiger partial charge in [-0.15, -0.1) is 0 Å². The Labute approximate surface area is 128 Å². The van der Waals surface area contributed by atoms with Crippen LogP contribution in [0.3, 0.4) is 0 Å². The highest BCUT2D eigenvalue weighted by molar-refractivity contribution is 5.21. The lowest BCUT2D eigenvalue weighted by molar-refractivity contribution is -0.204. The van der Waals surface area contributed by atoms with Gasteiger partial charge in [-0.25, -0.2) is 0 Å². The molecule has 1 aliphatic carbocycles. The predicted octanol–water partition coefficient (Wildman–Crippen LogP) is -2.92. The van der Waals surface area contributed by atoms with Crippen LogP contribution in [0.5, 0.6) is 0 Å². The molecular formula is C14H23NO7. The van der Waals surface area contributed by atoms with Gasteiger partial charge in [0, 0.05) is 5.92 Å². The summed E-state index contributed by atoms with van der Waals surface area (Å²) in [7, 11) is 0. The van der Waals surface area contributed by atoms with Gasteiger partial charge in [0.25, 0.3) is 0 Å². The number of ether oxygens (including phenoxy) is 2. The zero-order valence-corrected chi connectivity index (χ0v) is 12.2. The predicted molar refractivity (Wildman–Crippen MR) is 73.7 cm³/mol. The molecule has 5 unspecified atom stereocenters. The Hall–Kier alpha value is -0.580. The molecule has 0 saturated carbocycles. The molecule has 2 bridgehead atoms.